The number of aromatic hydroxyl groups is 1. The summed E-state index contributed by atoms with van der Waals surface area (Å²) in [6, 6.07) is 7.32. The predicted molar refractivity (Wildman–Crippen MR) is 59.8 cm³/mol. The van der Waals surface area contributed by atoms with Gasteiger partial charge in [-0.1, -0.05) is 12.1 Å². The molecule has 0 fully saturated rings. The average Bonchev–Trinajstić information content (AvgIpc) is 2.43. The molecule has 3 nitrogen and oxygen atoms in total. The second kappa shape index (κ2) is 3.42. The number of rotatable bonds is 1. The SMILES string of the molecule is Cc1nn(C)c(-c2ccccc2O)c1C. The molecule has 1 aromatic heterocycles. The van der Waals surface area contributed by atoms with Crippen molar-refractivity contribution >= 4 is 0 Å². The Balaban J connectivity index is 2.69. The van der Waals surface area contributed by atoms with Crippen molar-refractivity contribution in [3.05, 3.63) is 35.5 Å². The fraction of sp³-hybridized carbons (Fsp3) is 0.250. The maximum atomic E-state index is 9.78. The molecule has 2 aromatic rings. The number of aromatic nitrogens is 2. The molecule has 1 N–H and O–H groups in total. The van der Waals surface area contributed by atoms with Gasteiger partial charge in [-0.15, -0.1) is 0 Å². The number of nitrogens with zero attached hydrogens (tertiary/aromatic N) is 2. The van der Waals surface area contributed by atoms with Gasteiger partial charge in [0.25, 0.3) is 0 Å². The zero-order chi connectivity index (χ0) is 11.0. The fourth-order valence-electron chi connectivity index (χ4n) is 1.81. The molecule has 0 saturated carbocycles. The second-order valence-corrected chi connectivity index (χ2v) is 3.70. The first-order valence-electron chi connectivity index (χ1n) is 4.90. The van der Waals surface area contributed by atoms with Crippen molar-refractivity contribution in [1.82, 2.24) is 9.78 Å². The van der Waals surface area contributed by atoms with Crippen molar-refractivity contribution < 1.29 is 5.11 Å². The van der Waals surface area contributed by atoms with E-state index in [0.29, 0.717) is 5.75 Å². The molecule has 78 valence electrons. The molecule has 0 amide bonds. The van der Waals surface area contributed by atoms with Crippen LogP contribution in [0.3, 0.4) is 0 Å². The maximum absolute atomic E-state index is 9.78. The van der Waals surface area contributed by atoms with E-state index in [-0.39, 0.29) is 0 Å². The summed E-state index contributed by atoms with van der Waals surface area (Å²) in [5, 5.41) is 14.1. The van der Waals surface area contributed by atoms with Crippen LogP contribution in [0.5, 0.6) is 5.75 Å². The maximum Gasteiger partial charge on any atom is 0.124 e. The van der Waals surface area contributed by atoms with Gasteiger partial charge in [-0.2, -0.15) is 5.10 Å². The van der Waals surface area contributed by atoms with Gasteiger partial charge in [-0.05, 0) is 31.5 Å². The van der Waals surface area contributed by atoms with E-state index in [4.69, 9.17) is 0 Å². The van der Waals surface area contributed by atoms with E-state index in [9.17, 15) is 5.11 Å². The van der Waals surface area contributed by atoms with E-state index in [2.05, 4.69) is 5.10 Å². The number of para-hydroxylation sites is 1. The molecule has 0 aliphatic rings. The van der Waals surface area contributed by atoms with E-state index < -0.39 is 0 Å². The number of aryl methyl sites for hydroxylation is 2. The molecular weight excluding hydrogens is 188 g/mol. The predicted octanol–water partition coefficient (Wildman–Crippen LogP) is 2.41. The van der Waals surface area contributed by atoms with Crippen LogP contribution >= 0.6 is 0 Å². The van der Waals surface area contributed by atoms with Crippen LogP contribution in [0, 0.1) is 13.8 Å². The minimum Gasteiger partial charge on any atom is -0.507 e. The number of phenols is 1. The molecule has 0 bridgehead atoms. The van der Waals surface area contributed by atoms with E-state index >= 15 is 0 Å². The van der Waals surface area contributed by atoms with Crippen LogP contribution in [0.4, 0.5) is 0 Å². The molecule has 0 aliphatic heterocycles. The quantitative estimate of drug-likeness (QED) is 0.771. The summed E-state index contributed by atoms with van der Waals surface area (Å²) in [6.45, 7) is 3.99. The Morgan fingerprint density at radius 3 is 2.40 bits per heavy atom. The Morgan fingerprint density at radius 2 is 1.87 bits per heavy atom. The third-order valence-corrected chi connectivity index (χ3v) is 2.68. The van der Waals surface area contributed by atoms with Gasteiger partial charge in [0.2, 0.25) is 0 Å². The Hall–Kier alpha value is -1.77. The highest BCUT2D eigenvalue weighted by Crippen LogP contribution is 2.31. The molecule has 0 spiro atoms. The summed E-state index contributed by atoms with van der Waals surface area (Å²) >= 11 is 0. The lowest BCUT2D eigenvalue weighted by molar-refractivity contribution is 0.476. The first-order chi connectivity index (χ1) is 7.11. The summed E-state index contributed by atoms with van der Waals surface area (Å²) in [5.41, 5.74) is 3.92. The third kappa shape index (κ3) is 1.50. The Labute approximate surface area is 89.0 Å². The summed E-state index contributed by atoms with van der Waals surface area (Å²) in [4.78, 5) is 0. The molecule has 0 aliphatic carbocycles. The molecule has 0 unspecified atom stereocenters. The van der Waals surface area contributed by atoms with E-state index in [1.54, 1.807) is 10.7 Å². The van der Waals surface area contributed by atoms with Gasteiger partial charge < -0.3 is 5.11 Å². The molecule has 0 radical (unpaired) electrons. The van der Waals surface area contributed by atoms with Crippen LogP contribution in [-0.4, -0.2) is 14.9 Å². The lowest BCUT2D eigenvalue weighted by atomic mass is 10.1. The highest BCUT2D eigenvalue weighted by molar-refractivity contribution is 5.70. The summed E-state index contributed by atoms with van der Waals surface area (Å²) in [6.07, 6.45) is 0. The normalized spacial score (nSPS) is 10.6. The van der Waals surface area contributed by atoms with Gasteiger partial charge in [-0.3, -0.25) is 4.68 Å². The average molecular weight is 202 g/mol. The lowest BCUT2D eigenvalue weighted by Gasteiger charge is -2.05. The van der Waals surface area contributed by atoms with Crippen molar-refractivity contribution in [3.8, 4) is 17.0 Å². The van der Waals surface area contributed by atoms with Gasteiger partial charge in [0.1, 0.15) is 5.75 Å². The number of hydrogen-bond donors (Lipinski definition) is 1. The highest BCUT2D eigenvalue weighted by Gasteiger charge is 2.13. The monoisotopic (exact) mass is 202 g/mol. The molecular formula is C12H14N2O. The Kier molecular flexibility index (Phi) is 2.23. The number of hydrogen-bond acceptors (Lipinski definition) is 2. The Morgan fingerprint density at radius 1 is 1.20 bits per heavy atom. The van der Waals surface area contributed by atoms with Crippen LogP contribution in [0.25, 0.3) is 11.3 Å². The number of benzene rings is 1. The molecule has 1 aromatic carbocycles. The zero-order valence-corrected chi connectivity index (χ0v) is 9.15. The van der Waals surface area contributed by atoms with Gasteiger partial charge in [-0.25, -0.2) is 0 Å². The molecule has 3 heteroatoms. The number of phenolic OH excluding ortho intramolecular Hbond substituents is 1. The first-order valence-corrected chi connectivity index (χ1v) is 4.90. The summed E-state index contributed by atoms with van der Waals surface area (Å²) in [5.74, 6) is 0.295. The molecule has 0 atom stereocenters. The minimum absolute atomic E-state index is 0.295. The van der Waals surface area contributed by atoms with Crippen LogP contribution in [0.2, 0.25) is 0 Å². The van der Waals surface area contributed by atoms with Crippen LogP contribution in [-0.2, 0) is 7.05 Å². The van der Waals surface area contributed by atoms with Gasteiger partial charge >= 0.3 is 0 Å². The Bertz CT molecular complexity index is 500. The first kappa shape index (κ1) is 9.77. The second-order valence-electron chi connectivity index (χ2n) is 3.70. The molecule has 1 heterocycles. The van der Waals surface area contributed by atoms with Crippen LogP contribution in [0.15, 0.2) is 24.3 Å². The molecule has 2 rings (SSSR count). The van der Waals surface area contributed by atoms with Crippen molar-refractivity contribution in [2.24, 2.45) is 7.05 Å². The molecule has 15 heavy (non-hydrogen) atoms. The van der Waals surface area contributed by atoms with Crippen molar-refractivity contribution in [3.63, 3.8) is 0 Å². The molecule has 0 saturated heterocycles. The van der Waals surface area contributed by atoms with Gasteiger partial charge in [0.15, 0.2) is 0 Å². The van der Waals surface area contributed by atoms with Gasteiger partial charge in [0.05, 0.1) is 11.4 Å². The van der Waals surface area contributed by atoms with Gasteiger partial charge in [0, 0.05) is 12.6 Å². The minimum atomic E-state index is 0.295. The zero-order valence-electron chi connectivity index (χ0n) is 9.15. The smallest absolute Gasteiger partial charge is 0.124 e. The van der Waals surface area contributed by atoms with E-state index in [1.807, 2.05) is 39.1 Å². The fourth-order valence-corrected chi connectivity index (χ4v) is 1.81. The standard InChI is InChI=1S/C12H14N2O/c1-8-9(2)13-14(3)12(8)10-6-4-5-7-11(10)15/h4-7,15H,1-3H3. The van der Waals surface area contributed by atoms with E-state index in [1.165, 1.54) is 0 Å². The summed E-state index contributed by atoms with van der Waals surface area (Å²) in [7, 11) is 1.89. The largest absolute Gasteiger partial charge is 0.507 e. The van der Waals surface area contributed by atoms with Crippen molar-refractivity contribution in [1.29, 1.82) is 0 Å². The van der Waals surface area contributed by atoms with Crippen molar-refractivity contribution in [2.75, 3.05) is 0 Å². The topological polar surface area (TPSA) is 38.0 Å². The van der Waals surface area contributed by atoms with Crippen molar-refractivity contribution in [2.45, 2.75) is 13.8 Å². The van der Waals surface area contributed by atoms with E-state index in [0.717, 1.165) is 22.5 Å². The van der Waals surface area contributed by atoms with Crippen LogP contribution < -0.4 is 0 Å². The van der Waals surface area contributed by atoms with Crippen LogP contribution in [0.1, 0.15) is 11.3 Å². The summed E-state index contributed by atoms with van der Waals surface area (Å²) < 4.78 is 1.81. The third-order valence-electron chi connectivity index (χ3n) is 2.68. The lowest BCUT2D eigenvalue weighted by Crippen LogP contribution is -1.94. The highest BCUT2D eigenvalue weighted by atomic mass is 16.3.